The van der Waals surface area contributed by atoms with Gasteiger partial charge in [-0.3, -0.25) is 9.09 Å². The third-order valence-corrected chi connectivity index (χ3v) is 3.89. The molecule has 0 aliphatic carbocycles. The van der Waals surface area contributed by atoms with Gasteiger partial charge in [0.1, 0.15) is 30.2 Å². The number of phosphoric acid groups is 1. The second-order valence-electron chi connectivity index (χ2n) is 4.92. The number of fused-ring (bicyclic) bond motifs is 1. The maximum Gasteiger partial charge on any atom is 0.469 e. The van der Waals surface area contributed by atoms with Crippen molar-refractivity contribution in [2.45, 2.75) is 24.5 Å². The maximum atomic E-state index is 10.7. The molecule has 4 atom stereocenters. The van der Waals surface area contributed by atoms with E-state index >= 15 is 0 Å². The summed E-state index contributed by atoms with van der Waals surface area (Å²) in [4.78, 5) is 29.2. The van der Waals surface area contributed by atoms with Crippen LogP contribution < -0.4 is 5.73 Å². The molecular formula is C10H14N5O7P. The second-order valence-corrected chi connectivity index (χ2v) is 6.15. The van der Waals surface area contributed by atoms with Gasteiger partial charge in [0.25, 0.3) is 0 Å². The molecule has 6 N–H and O–H groups in total. The Morgan fingerprint density at radius 2 is 2.04 bits per heavy atom. The molecule has 3 unspecified atom stereocenters. The summed E-state index contributed by atoms with van der Waals surface area (Å²) in [5, 5.41) is 20.1. The Labute approximate surface area is 128 Å². The monoisotopic (exact) mass is 347 g/mol. The summed E-state index contributed by atoms with van der Waals surface area (Å²) in [6, 6.07) is 0. The van der Waals surface area contributed by atoms with Gasteiger partial charge in [0.15, 0.2) is 17.7 Å². The fourth-order valence-electron chi connectivity index (χ4n) is 2.32. The van der Waals surface area contributed by atoms with Crippen LogP contribution in [-0.4, -0.2) is 64.4 Å². The molecule has 0 saturated carbocycles. The fourth-order valence-corrected chi connectivity index (χ4v) is 2.66. The molecule has 1 aliphatic rings. The van der Waals surface area contributed by atoms with Crippen LogP contribution in [0.5, 0.6) is 0 Å². The van der Waals surface area contributed by atoms with Crippen LogP contribution in [0, 0.1) is 0 Å². The number of aliphatic hydroxyl groups excluding tert-OH is 2. The Kier molecular flexibility index (Phi) is 4.06. The van der Waals surface area contributed by atoms with E-state index in [9.17, 15) is 14.8 Å². The zero-order valence-electron chi connectivity index (χ0n) is 11.5. The van der Waals surface area contributed by atoms with Crippen molar-refractivity contribution >= 4 is 24.8 Å². The minimum absolute atomic E-state index is 0.142. The van der Waals surface area contributed by atoms with Crippen molar-refractivity contribution in [1.82, 2.24) is 19.5 Å². The predicted octanol–water partition coefficient (Wildman–Crippen LogP) is -1.86. The molecule has 0 spiro atoms. The predicted molar refractivity (Wildman–Crippen MR) is 73.7 cm³/mol. The number of nitrogens with zero attached hydrogens (tertiary/aromatic N) is 4. The normalized spacial score (nSPS) is 28.5. The first-order chi connectivity index (χ1) is 10.8. The van der Waals surface area contributed by atoms with E-state index in [4.69, 9.17) is 20.3 Å². The fraction of sp³-hybridized carbons (Fsp3) is 0.500. The van der Waals surface area contributed by atoms with Crippen LogP contribution in [-0.2, 0) is 13.8 Å². The topological polar surface area (TPSA) is 186 Å². The first-order valence-electron chi connectivity index (χ1n) is 6.42. The third-order valence-electron chi connectivity index (χ3n) is 3.41. The van der Waals surface area contributed by atoms with Gasteiger partial charge < -0.3 is 30.5 Å². The van der Waals surface area contributed by atoms with Crippen molar-refractivity contribution in [2.24, 2.45) is 0 Å². The second kappa shape index (κ2) is 5.76. The number of aromatic nitrogens is 4. The molecule has 2 aromatic heterocycles. The zero-order valence-corrected chi connectivity index (χ0v) is 12.4. The molecule has 12 nitrogen and oxygen atoms in total. The number of imidazole rings is 1. The highest BCUT2D eigenvalue weighted by Gasteiger charge is 2.45. The molecule has 126 valence electrons. The van der Waals surface area contributed by atoms with Crippen LogP contribution >= 0.6 is 7.82 Å². The SMILES string of the molecule is Nc1ncnc2c1ncn2C1O[C@H](COP(=O)(O)O)C(O)C1O. The van der Waals surface area contributed by atoms with E-state index in [1.807, 2.05) is 0 Å². The van der Waals surface area contributed by atoms with E-state index in [0.717, 1.165) is 0 Å². The number of hydrogen-bond donors (Lipinski definition) is 5. The molecule has 0 radical (unpaired) electrons. The van der Waals surface area contributed by atoms with Crippen LogP contribution in [0.1, 0.15) is 6.23 Å². The van der Waals surface area contributed by atoms with Gasteiger partial charge in [0.2, 0.25) is 0 Å². The summed E-state index contributed by atoms with van der Waals surface area (Å²) in [6.07, 6.45) is -2.49. The standard InChI is InChI=1S/C10H14N5O7P/c11-8-5-9(13-2-12-8)15(3-14-5)10-7(17)6(16)4(22-10)1-21-23(18,19)20/h2-4,6-7,10,16-17H,1H2,(H2,11,12,13)(H2,18,19,20)/t4-,6?,7?,10?/m1/s1. The molecule has 0 amide bonds. The molecule has 23 heavy (non-hydrogen) atoms. The molecule has 13 heteroatoms. The highest BCUT2D eigenvalue weighted by atomic mass is 31.2. The Balaban J connectivity index is 1.85. The van der Waals surface area contributed by atoms with Crippen molar-refractivity contribution in [1.29, 1.82) is 0 Å². The van der Waals surface area contributed by atoms with Gasteiger partial charge in [0.05, 0.1) is 12.9 Å². The minimum atomic E-state index is -4.72. The molecule has 3 heterocycles. The van der Waals surface area contributed by atoms with Gasteiger partial charge in [-0.25, -0.2) is 19.5 Å². The lowest BCUT2D eigenvalue weighted by molar-refractivity contribution is -0.0504. The Morgan fingerprint density at radius 3 is 2.74 bits per heavy atom. The number of nitrogen functional groups attached to an aromatic ring is 1. The van der Waals surface area contributed by atoms with Crippen LogP contribution in [0.15, 0.2) is 12.7 Å². The number of anilines is 1. The highest BCUT2D eigenvalue weighted by molar-refractivity contribution is 7.46. The van der Waals surface area contributed by atoms with Crippen LogP contribution in [0.4, 0.5) is 5.82 Å². The summed E-state index contributed by atoms with van der Waals surface area (Å²) in [7, 11) is -4.72. The third kappa shape index (κ3) is 3.05. The number of ether oxygens (including phenoxy) is 1. The minimum Gasteiger partial charge on any atom is -0.387 e. The Bertz CT molecular complexity index is 763. The van der Waals surface area contributed by atoms with E-state index in [1.165, 1.54) is 17.2 Å². The summed E-state index contributed by atoms with van der Waals surface area (Å²) < 4.78 is 21.8. The van der Waals surface area contributed by atoms with Gasteiger partial charge >= 0.3 is 7.82 Å². The van der Waals surface area contributed by atoms with Crippen LogP contribution in [0.2, 0.25) is 0 Å². The largest absolute Gasteiger partial charge is 0.469 e. The first-order valence-corrected chi connectivity index (χ1v) is 7.95. The highest BCUT2D eigenvalue weighted by Crippen LogP contribution is 2.38. The number of hydrogen-bond acceptors (Lipinski definition) is 9. The first kappa shape index (κ1) is 16.2. The van der Waals surface area contributed by atoms with E-state index in [1.54, 1.807) is 0 Å². The summed E-state index contributed by atoms with van der Waals surface area (Å²) in [5.74, 6) is 0.142. The molecule has 0 aromatic carbocycles. The molecule has 0 bridgehead atoms. The van der Waals surface area contributed by atoms with Gasteiger partial charge in [-0.1, -0.05) is 0 Å². The molecule has 1 fully saturated rings. The van der Waals surface area contributed by atoms with Crippen molar-refractivity contribution < 1.29 is 33.8 Å². The number of rotatable bonds is 4. The van der Waals surface area contributed by atoms with Crippen LogP contribution in [0.25, 0.3) is 11.2 Å². The average molecular weight is 347 g/mol. The van der Waals surface area contributed by atoms with Crippen molar-refractivity contribution in [3.05, 3.63) is 12.7 Å². The average Bonchev–Trinajstić information content (AvgIpc) is 3.01. The lowest BCUT2D eigenvalue weighted by Crippen LogP contribution is -2.33. The van der Waals surface area contributed by atoms with E-state index in [2.05, 4.69) is 19.5 Å². The number of aliphatic hydroxyl groups is 2. The lowest BCUT2D eigenvalue weighted by Gasteiger charge is -2.16. The van der Waals surface area contributed by atoms with Gasteiger partial charge in [0, 0.05) is 0 Å². The maximum absolute atomic E-state index is 10.7. The lowest BCUT2D eigenvalue weighted by atomic mass is 10.1. The Morgan fingerprint density at radius 1 is 1.30 bits per heavy atom. The smallest absolute Gasteiger partial charge is 0.387 e. The number of nitrogens with two attached hydrogens (primary N) is 1. The van der Waals surface area contributed by atoms with E-state index in [0.29, 0.717) is 5.52 Å². The van der Waals surface area contributed by atoms with Gasteiger partial charge in [-0.15, -0.1) is 0 Å². The summed E-state index contributed by atoms with van der Waals surface area (Å²) in [5.41, 5.74) is 6.25. The molecular weight excluding hydrogens is 333 g/mol. The molecule has 2 aromatic rings. The van der Waals surface area contributed by atoms with Gasteiger partial charge in [-0.2, -0.15) is 0 Å². The molecule has 1 aliphatic heterocycles. The van der Waals surface area contributed by atoms with E-state index < -0.39 is 39.0 Å². The van der Waals surface area contributed by atoms with Crippen LogP contribution in [0.3, 0.4) is 0 Å². The zero-order chi connectivity index (χ0) is 16.8. The Hall–Kier alpha value is -1.66. The quantitative estimate of drug-likeness (QED) is 0.390. The summed E-state index contributed by atoms with van der Waals surface area (Å²) >= 11 is 0. The molecule has 3 rings (SSSR count). The van der Waals surface area contributed by atoms with Crippen molar-refractivity contribution in [2.75, 3.05) is 12.3 Å². The van der Waals surface area contributed by atoms with Crippen molar-refractivity contribution in [3.63, 3.8) is 0 Å². The number of phosphoric ester groups is 1. The molecule has 1 saturated heterocycles. The van der Waals surface area contributed by atoms with Gasteiger partial charge in [-0.05, 0) is 0 Å². The van der Waals surface area contributed by atoms with E-state index in [-0.39, 0.29) is 11.5 Å². The van der Waals surface area contributed by atoms with Crippen molar-refractivity contribution in [3.8, 4) is 0 Å². The summed E-state index contributed by atoms with van der Waals surface area (Å²) in [6.45, 7) is -0.594.